The van der Waals surface area contributed by atoms with Crippen molar-refractivity contribution in [2.45, 2.75) is 26.9 Å². The Hall–Kier alpha value is -1.51. The van der Waals surface area contributed by atoms with Crippen LogP contribution in [0, 0.1) is 20.8 Å². The van der Waals surface area contributed by atoms with Crippen LogP contribution in [0.3, 0.4) is 0 Å². The van der Waals surface area contributed by atoms with Gasteiger partial charge in [0.2, 0.25) is 0 Å². The molecule has 0 fully saturated rings. The minimum atomic E-state index is -0.144. The smallest absolute Gasteiger partial charge is 0.136 e. The van der Waals surface area contributed by atoms with Crippen molar-refractivity contribution in [3.05, 3.63) is 63.7 Å². The number of benzene rings is 2. The van der Waals surface area contributed by atoms with E-state index in [9.17, 15) is 0 Å². The van der Waals surface area contributed by atoms with Gasteiger partial charge in [-0.1, -0.05) is 41.4 Å². The highest BCUT2D eigenvalue weighted by Crippen LogP contribution is 2.29. The molecular formula is C17H20ClNO. The third-order valence-corrected chi connectivity index (χ3v) is 3.91. The van der Waals surface area contributed by atoms with Gasteiger partial charge in [-0.3, -0.25) is 0 Å². The van der Waals surface area contributed by atoms with Gasteiger partial charge in [-0.15, -0.1) is 0 Å². The number of rotatable bonds is 4. The summed E-state index contributed by atoms with van der Waals surface area (Å²) in [6.45, 7) is 6.45. The normalized spacial score (nSPS) is 12.2. The maximum Gasteiger partial charge on any atom is 0.136 e. The van der Waals surface area contributed by atoms with Crippen LogP contribution in [0.15, 0.2) is 36.4 Å². The second-order valence-corrected chi connectivity index (χ2v) is 5.51. The van der Waals surface area contributed by atoms with E-state index >= 15 is 0 Å². The quantitative estimate of drug-likeness (QED) is 0.908. The van der Waals surface area contributed by atoms with Crippen LogP contribution in [0.25, 0.3) is 0 Å². The van der Waals surface area contributed by atoms with Crippen molar-refractivity contribution in [1.29, 1.82) is 0 Å². The molecule has 20 heavy (non-hydrogen) atoms. The highest BCUT2D eigenvalue weighted by Gasteiger charge is 2.13. The molecule has 2 N–H and O–H groups in total. The maximum atomic E-state index is 6.18. The molecule has 2 aromatic rings. The minimum absolute atomic E-state index is 0.144. The van der Waals surface area contributed by atoms with E-state index in [4.69, 9.17) is 22.1 Å². The number of aryl methyl sites for hydroxylation is 3. The molecule has 0 bridgehead atoms. The fraction of sp³-hybridized carbons (Fsp3) is 0.294. The summed E-state index contributed by atoms with van der Waals surface area (Å²) in [6, 6.07) is 12.1. The van der Waals surface area contributed by atoms with Crippen LogP contribution in [-0.2, 0) is 0 Å². The SMILES string of the molecule is Cc1cccc(C(CN)Oc2cc(C)c(Cl)c(C)c2)c1. The molecule has 1 unspecified atom stereocenters. The van der Waals surface area contributed by atoms with Gasteiger partial charge in [0.15, 0.2) is 0 Å². The number of halogens is 1. The largest absolute Gasteiger partial charge is 0.484 e. The molecule has 3 heteroatoms. The highest BCUT2D eigenvalue weighted by atomic mass is 35.5. The zero-order valence-corrected chi connectivity index (χ0v) is 12.9. The first kappa shape index (κ1) is 14.9. The molecule has 0 aliphatic carbocycles. The molecule has 2 nitrogen and oxygen atoms in total. The molecule has 0 radical (unpaired) electrons. The van der Waals surface area contributed by atoms with Gasteiger partial charge in [-0.05, 0) is 49.6 Å². The standard InChI is InChI=1S/C17H20ClNO/c1-11-5-4-6-14(7-11)16(10-19)20-15-8-12(2)17(18)13(3)9-15/h4-9,16H,10,19H2,1-3H3. The van der Waals surface area contributed by atoms with Crippen LogP contribution < -0.4 is 10.5 Å². The second-order valence-electron chi connectivity index (χ2n) is 5.13. The van der Waals surface area contributed by atoms with E-state index in [-0.39, 0.29) is 6.10 Å². The monoisotopic (exact) mass is 289 g/mol. The van der Waals surface area contributed by atoms with Crippen LogP contribution in [0.1, 0.15) is 28.4 Å². The Bertz CT molecular complexity index is 587. The lowest BCUT2D eigenvalue weighted by atomic mass is 10.1. The topological polar surface area (TPSA) is 35.2 Å². The van der Waals surface area contributed by atoms with Crippen LogP contribution >= 0.6 is 11.6 Å². The van der Waals surface area contributed by atoms with Gasteiger partial charge in [-0.25, -0.2) is 0 Å². The molecular weight excluding hydrogens is 270 g/mol. The second kappa shape index (κ2) is 6.29. The Morgan fingerprint density at radius 3 is 2.30 bits per heavy atom. The molecule has 1 atom stereocenters. The van der Waals surface area contributed by atoms with E-state index in [0.29, 0.717) is 6.54 Å². The lowest BCUT2D eigenvalue weighted by Gasteiger charge is -2.19. The van der Waals surface area contributed by atoms with Gasteiger partial charge >= 0.3 is 0 Å². The predicted molar refractivity (Wildman–Crippen MR) is 84.5 cm³/mol. The minimum Gasteiger partial charge on any atom is -0.484 e. The molecule has 106 valence electrons. The van der Waals surface area contributed by atoms with Crippen LogP contribution in [0.2, 0.25) is 5.02 Å². The fourth-order valence-electron chi connectivity index (χ4n) is 2.26. The van der Waals surface area contributed by atoms with Gasteiger partial charge in [0.05, 0.1) is 0 Å². The van der Waals surface area contributed by atoms with Gasteiger partial charge in [0, 0.05) is 11.6 Å². The molecule has 2 rings (SSSR count). The summed E-state index contributed by atoms with van der Waals surface area (Å²) in [5.41, 5.74) is 10.2. The first-order chi connectivity index (χ1) is 9.51. The Balaban J connectivity index is 2.27. The molecule has 0 heterocycles. The summed E-state index contributed by atoms with van der Waals surface area (Å²) in [7, 11) is 0. The van der Waals surface area contributed by atoms with Crippen LogP contribution in [0.4, 0.5) is 0 Å². The fourth-order valence-corrected chi connectivity index (χ4v) is 2.37. The predicted octanol–water partition coefficient (Wildman–Crippen LogP) is 4.34. The molecule has 0 amide bonds. The van der Waals surface area contributed by atoms with E-state index in [1.165, 1.54) is 5.56 Å². The van der Waals surface area contributed by atoms with Gasteiger partial charge in [-0.2, -0.15) is 0 Å². The van der Waals surface area contributed by atoms with Crippen LogP contribution in [-0.4, -0.2) is 6.54 Å². The number of hydrogen-bond acceptors (Lipinski definition) is 2. The molecule has 0 saturated carbocycles. The third kappa shape index (κ3) is 3.33. The van der Waals surface area contributed by atoms with Crippen molar-refractivity contribution < 1.29 is 4.74 Å². The van der Waals surface area contributed by atoms with Crippen molar-refractivity contribution in [3.8, 4) is 5.75 Å². The summed E-state index contributed by atoms with van der Waals surface area (Å²) in [6.07, 6.45) is -0.144. The summed E-state index contributed by atoms with van der Waals surface area (Å²) >= 11 is 6.18. The summed E-state index contributed by atoms with van der Waals surface area (Å²) in [5, 5.41) is 0.789. The first-order valence-electron chi connectivity index (χ1n) is 6.71. The van der Waals surface area contributed by atoms with E-state index in [1.54, 1.807) is 0 Å². The van der Waals surface area contributed by atoms with E-state index in [0.717, 1.165) is 27.5 Å². The summed E-state index contributed by atoms with van der Waals surface area (Å²) in [4.78, 5) is 0. The molecule has 0 aliphatic rings. The lowest BCUT2D eigenvalue weighted by molar-refractivity contribution is 0.214. The van der Waals surface area contributed by atoms with Crippen molar-refractivity contribution >= 4 is 11.6 Å². The van der Waals surface area contributed by atoms with Crippen molar-refractivity contribution in [2.24, 2.45) is 5.73 Å². The maximum absolute atomic E-state index is 6.18. The van der Waals surface area contributed by atoms with Gasteiger partial charge in [0.1, 0.15) is 11.9 Å². The van der Waals surface area contributed by atoms with Crippen molar-refractivity contribution in [3.63, 3.8) is 0 Å². The Labute approximate surface area is 125 Å². The Morgan fingerprint density at radius 1 is 1.10 bits per heavy atom. The molecule has 0 aromatic heterocycles. The zero-order valence-electron chi connectivity index (χ0n) is 12.1. The average molecular weight is 290 g/mol. The zero-order chi connectivity index (χ0) is 14.7. The van der Waals surface area contributed by atoms with Crippen molar-refractivity contribution in [1.82, 2.24) is 0 Å². The number of ether oxygens (including phenoxy) is 1. The summed E-state index contributed by atoms with van der Waals surface area (Å²) < 4.78 is 6.04. The number of nitrogens with two attached hydrogens (primary N) is 1. The third-order valence-electron chi connectivity index (χ3n) is 3.32. The van der Waals surface area contributed by atoms with Crippen molar-refractivity contribution in [2.75, 3.05) is 6.54 Å². The van der Waals surface area contributed by atoms with Gasteiger partial charge in [0.25, 0.3) is 0 Å². The average Bonchev–Trinajstić information content (AvgIpc) is 2.42. The Kier molecular flexibility index (Phi) is 4.69. The first-order valence-corrected chi connectivity index (χ1v) is 7.09. The molecule has 0 aliphatic heterocycles. The molecule has 0 saturated heterocycles. The van der Waals surface area contributed by atoms with Crippen LogP contribution in [0.5, 0.6) is 5.75 Å². The van der Waals surface area contributed by atoms with E-state index in [2.05, 4.69) is 19.1 Å². The van der Waals surface area contributed by atoms with E-state index in [1.807, 2.05) is 38.1 Å². The molecule has 0 spiro atoms. The molecule has 2 aromatic carbocycles. The van der Waals surface area contributed by atoms with E-state index < -0.39 is 0 Å². The Morgan fingerprint density at radius 2 is 1.75 bits per heavy atom. The number of hydrogen-bond donors (Lipinski definition) is 1. The summed E-state index contributed by atoms with van der Waals surface area (Å²) in [5.74, 6) is 0.807. The van der Waals surface area contributed by atoms with Gasteiger partial charge < -0.3 is 10.5 Å². The lowest BCUT2D eigenvalue weighted by Crippen LogP contribution is -2.18. The highest BCUT2D eigenvalue weighted by molar-refractivity contribution is 6.32.